The second-order valence-corrected chi connectivity index (χ2v) is 6.86. The second kappa shape index (κ2) is 5.34. The van der Waals surface area contributed by atoms with E-state index in [1.165, 1.54) is 4.31 Å². The van der Waals surface area contributed by atoms with E-state index in [4.69, 9.17) is 0 Å². The molecule has 0 aliphatic carbocycles. The molecule has 1 aromatic heterocycles. The number of benzene rings is 1. The molecule has 7 heteroatoms. The summed E-state index contributed by atoms with van der Waals surface area (Å²) >= 11 is 0. The predicted octanol–water partition coefficient (Wildman–Crippen LogP) is 1.05. The van der Waals surface area contributed by atoms with Crippen LogP contribution in [-0.2, 0) is 15.8 Å². The fraction of sp³-hybridized carbons (Fsp3) is 0.385. The molecule has 0 N–H and O–H groups in total. The van der Waals surface area contributed by atoms with Crippen molar-refractivity contribution in [1.82, 2.24) is 19.3 Å². The summed E-state index contributed by atoms with van der Waals surface area (Å²) in [7, 11) is -3.27. The molecule has 0 spiro atoms. The molecule has 2 heterocycles. The molecule has 1 fully saturated rings. The zero-order chi connectivity index (χ0) is 14.0. The Hall–Kier alpha value is -1.73. The number of hydrogen-bond acceptors (Lipinski definition) is 4. The van der Waals surface area contributed by atoms with Gasteiger partial charge in [0.15, 0.2) is 0 Å². The third-order valence-electron chi connectivity index (χ3n) is 3.47. The molecule has 0 bridgehead atoms. The van der Waals surface area contributed by atoms with E-state index >= 15 is 0 Å². The van der Waals surface area contributed by atoms with Crippen LogP contribution in [0.5, 0.6) is 0 Å². The van der Waals surface area contributed by atoms with E-state index < -0.39 is 10.0 Å². The van der Waals surface area contributed by atoms with Crippen LogP contribution in [0, 0.1) is 0 Å². The summed E-state index contributed by atoms with van der Waals surface area (Å²) in [6.45, 7) is 0.977. The predicted molar refractivity (Wildman–Crippen MR) is 74.3 cm³/mol. The second-order valence-electron chi connectivity index (χ2n) is 4.89. The Labute approximate surface area is 118 Å². The first-order valence-electron chi connectivity index (χ1n) is 6.53. The molecule has 1 atom stereocenters. The number of hydrogen-bond donors (Lipinski definition) is 0. The Morgan fingerprint density at radius 1 is 1.15 bits per heavy atom. The van der Waals surface area contributed by atoms with Crippen LogP contribution < -0.4 is 0 Å². The summed E-state index contributed by atoms with van der Waals surface area (Å²) < 4.78 is 26.3. The van der Waals surface area contributed by atoms with Crippen molar-refractivity contribution in [3.05, 3.63) is 48.3 Å². The molecule has 1 saturated heterocycles. The van der Waals surface area contributed by atoms with Crippen molar-refractivity contribution in [3.63, 3.8) is 0 Å². The largest absolute Gasteiger partial charge is 0.218 e. The Balaban J connectivity index is 1.70. The monoisotopic (exact) mass is 292 g/mol. The normalized spacial score (nSPS) is 20.3. The van der Waals surface area contributed by atoms with Gasteiger partial charge in [0.25, 0.3) is 0 Å². The van der Waals surface area contributed by atoms with Gasteiger partial charge in [-0.3, -0.25) is 0 Å². The molecule has 106 valence electrons. The highest BCUT2D eigenvalue weighted by Gasteiger charge is 2.32. The van der Waals surface area contributed by atoms with Crippen LogP contribution in [0.15, 0.2) is 42.7 Å². The zero-order valence-electron chi connectivity index (χ0n) is 11.0. The molecule has 0 saturated carbocycles. The molecule has 6 nitrogen and oxygen atoms in total. The summed E-state index contributed by atoms with van der Waals surface area (Å²) in [5, 5.41) is 8.17. The van der Waals surface area contributed by atoms with Crippen molar-refractivity contribution in [2.75, 3.05) is 13.1 Å². The van der Waals surface area contributed by atoms with Crippen molar-refractivity contribution in [3.8, 4) is 0 Å². The van der Waals surface area contributed by atoms with Crippen LogP contribution in [0.4, 0.5) is 0 Å². The van der Waals surface area contributed by atoms with E-state index in [0.29, 0.717) is 13.1 Å². The first kappa shape index (κ1) is 13.3. The molecular weight excluding hydrogens is 276 g/mol. The maximum Gasteiger partial charge on any atom is 0.218 e. The van der Waals surface area contributed by atoms with E-state index in [1.807, 2.05) is 30.3 Å². The molecule has 3 rings (SSSR count). The fourth-order valence-corrected chi connectivity index (χ4v) is 4.02. The Kier molecular flexibility index (Phi) is 3.54. The molecule has 20 heavy (non-hydrogen) atoms. The van der Waals surface area contributed by atoms with Crippen molar-refractivity contribution in [2.45, 2.75) is 18.2 Å². The number of nitrogens with zero attached hydrogens (tertiary/aromatic N) is 4. The van der Waals surface area contributed by atoms with Gasteiger partial charge in [0, 0.05) is 13.1 Å². The zero-order valence-corrected chi connectivity index (χ0v) is 11.8. The van der Waals surface area contributed by atoms with E-state index in [2.05, 4.69) is 10.2 Å². The average Bonchev–Trinajstić information content (AvgIpc) is 3.11. The number of sulfonamides is 1. The van der Waals surface area contributed by atoms with E-state index in [1.54, 1.807) is 17.2 Å². The summed E-state index contributed by atoms with van der Waals surface area (Å²) in [5.41, 5.74) is 0.813. The van der Waals surface area contributed by atoms with Crippen LogP contribution in [0.25, 0.3) is 0 Å². The number of aromatic nitrogens is 3. The van der Waals surface area contributed by atoms with Gasteiger partial charge in [-0.05, 0) is 12.0 Å². The molecule has 0 unspecified atom stereocenters. The maximum absolute atomic E-state index is 12.4. The summed E-state index contributed by atoms with van der Waals surface area (Å²) in [6, 6.07) is 9.29. The third-order valence-corrected chi connectivity index (χ3v) is 5.29. The van der Waals surface area contributed by atoms with Gasteiger partial charge in [-0.2, -0.15) is 19.3 Å². The molecule has 0 amide bonds. The lowest BCUT2D eigenvalue weighted by Crippen LogP contribution is -2.30. The van der Waals surface area contributed by atoms with E-state index in [0.717, 1.165) is 12.0 Å². The SMILES string of the molecule is O=S(=O)(Cc1ccccc1)N1CC[C@@H](n2nccn2)C1. The standard InChI is InChI=1S/C13H16N4O2S/c18-20(19,11-12-4-2-1-3-5-12)16-9-6-13(10-16)17-14-7-8-15-17/h1-5,7-8,13H,6,9-11H2/t13-/m1/s1. The van der Waals surface area contributed by atoms with Gasteiger partial charge in [0.1, 0.15) is 0 Å². The van der Waals surface area contributed by atoms with Crippen LogP contribution in [0.1, 0.15) is 18.0 Å². The molecule has 2 aromatic rings. The molecular formula is C13H16N4O2S. The smallest absolute Gasteiger partial charge is 0.212 e. The molecule has 1 aromatic carbocycles. The quantitative estimate of drug-likeness (QED) is 0.845. The van der Waals surface area contributed by atoms with Gasteiger partial charge in [0.05, 0.1) is 24.2 Å². The van der Waals surface area contributed by atoms with Crippen molar-refractivity contribution < 1.29 is 8.42 Å². The van der Waals surface area contributed by atoms with Gasteiger partial charge in [-0.15, -0.1) is 0 Å². The van der Waals surface area contributed by atoms with Crippen LogP contribution in [0.2, 0.25) is 0 Å². The highest BCUT2D eigenvalue weighted by Crippen LogP contribution is 2.24. The maximum atomic E-state index is 12.4. The Morgan fingerprint density at radius 3 is 2.55 bits per heavy atom. The van der Waals surface area contributed by atoms with Gasteiger partial charge < -0.3 is 0 Å². The van der Waals surface area contributed by atoms with Crippen molar-refractivity contribution >= 4 is 10.0 Å². The van der Waals surface area contributed by atoms with Crippen LogP contribution in [0.3, 0.4) is 0 Å². The third kappa shape index (κ3) is 2.73. The van der Waals surface area contributed by atoms with Gasteiger partial charge >= 0.3 is 0 Å². The van der Waals surface area contributed by atoms with Crippen molar-refractivity contribution in [2.24, 2.45) is 0 Å². The van der Waals surface area contributed by atoms with Gasteiger partial charge in [-0.1, -0.05) is 30.3 Å². The average molecular weight is 292 g/mol. The highest BCUT2D eigenvalue weighted by molar-refractivity contribution is 7.88. The van der Waals surface area contributed by atoms with Gasteiger partial charge in [0.2, 0.25) is 10.0 Å². The summed E-state index contributed by atoms with van der Waals surface area (Å²) in [5.74, 6) is 0.0487. The first-order chi connectivity index (χ1) is 9.65. The van der Waals surface area contributed by atoms with Crippen molar-refractivity contribution in [1.29, 1.82) is 0 Å². The van der Waals surface area contributed by atoms with E-state index in [9.17, 15) is 8.42 Å². The molecule has 1 aliphatic rings. The first-order valence-corrected chi connectivity index (χ1v) is 8.13. The lowest BCUT2D eigenvalue weighted by Gasteiger charge is -2.16. The minimum absolute atomic E-state index is 0.0375. The molecule has 1 aliphatic heterocycles. The highest BCUT2D eigenvalue weighted by atomic mass is 32.2. The van der Waals surface area contributed by atoms with Crippen LogP contribution in [-0.4, -0.2) is 40.8 Å². The van der Waals surface area contributed by atoms with Crippen LogP contribution >= 0.6 is 0 Å². The Morgan fingerprint density at radius 2 is 1.85 bits per heavy atom. The minimum Gasteiger partial charge on any atom is -0.212 e. The fourth-order valence-electron chi connectivity index (χ4n) is 2.44. The summed E-state index contributed by atoms with van der Waals surface area (Å²) in [4.78, 5) is 1.60. The van der Waals surface area contributed by atoms with E-state index in [-0.39, 0.29) is 11.8 Å². The lowest BCUT2D eigenvalue weighted by molar-refractivity contribution is 0.402. The summed E-state index contributed by atoms with van der Waals surface area (Å²) in [6.07, 6.45) is 3.98. The molecule has 0 radical (unpaired) electrons. The van der Waals surface area contributed by atoms with Gasteiger partial charge in [-0.25, -0.2) is 8.42 Å². The minimum atomic E-state index is -3.27. The topological polar surface area (TPSA) is 68.1 Å². The number of rotatable bonds is 4. The Bertz CT molecular complexity index is 655. The lowest BCUT2D eigenvalue weighted by atomic mass is 10.2.